The van der Waals surface area contributed by atoms with Gasteiger partial charge >= 0.3 is 0 Å². The Hall–Kier alpha value is -2.61. The van der Waals surface area contributed by atoms with E-state index in [1.165, 1.54) is 35.6 Å². The van der Waals surface area contributed by atoms with E-state index in [9.17, 15) is 26.0 Å². The van der Waals surface area contributed by atoms with Crippen molar-refractivity contribution < 1.29 is 30.2 Å². The number of sulfone groups is 1. The highest BCUT2D eigenvalue weighted by Crippen LogP contribution is 2.30. The highest BCUT2D eigenvalue weighted by molar-refractivity contribution is 7.91. The maximum Gasteiger partial charge on any atom is 0.264 e. The standard InChI is InChI=1S/C22H24FN3O6S3/c1-34(28,29)32-13-4-14-35(30,31)20-6-3-2-5-17(20)21(27)25-9-11-26(12-10-25)22-24-18-8-7-16(23)15-19(18)33-22/h2-3,5-8,15H,4,9-14H2,1H3. The fourth-order valence-electron chi connectivity index (χ4n) is 3.78. The molecule has 1 aliphatic rings. The number of piperazine rings is 1. The number of aromatic nitrogens is 1. The van der Waals surface area contributed by atoms with Crippen molar-refractivity contribution in [3.8, 4) is 0 Å². The van der Waals surface area contributed by atoms with E-state index < -0.39 is 20.0 Å². The van der Waals surface area contributed by atoms with E-state index in [-0.39, 0.29) is 41.0 Å². The number of halogens is 1. The highest BCUT2D eigenvalue weighted by atomic mass is 32.2. The molecule has 0 unspecified atom stereocenters. The van der Waals surface area contributed by atoms with E-state index in [2.05, 4.69) is 9.17 Å². The molecule has 0 aliphatic carbocycles. The number of rotatable bonds is 8. The molecule has 1 amide bonds. The van der Waals surface area contributed by atoms with Gasteiger partial charge in [0.05, 0.1) is 39.3 Å². The topological polar surface area (TPSA) is 114 Å². The number of fused-ring (bicyclic) bond motifs is 1. The summed E-state index contributed by atoms with van der Waals surface area (Å²) in [6.45, 7) is 1.51. The van der Waals surface area contributed by atoms with Crippen LogP contribution < -0.4 is 4.90 Å². The third kappa shape index (κ3) is 6.15. The second-order valence-corrected chi connectivity index (χ2v) is 12.8. The zero-order chi connectivity index (χ0) is 25.2. The lowest BCUT2D eigenvalue weighted by Crippen LogP contribution is -2.49. The summed E-state index contributed by atoms with van der Waals surface area (Å²) in [5.74, 6) is -1.05. The minimum Gasteiger partial charge on any atom is -0.345 e. The van der Waals surface area contributed by atoms with Crippen LogP contribution in [0.25, 0.3) is 10.2 Å². The molecule has 188 valence electrons. The second-order valence-electron chi connectivity index (χ2n) is 8.08. The Bertz CT molecular complexity index is 1450. The van der Waals surface area contributed by atoms with Crippen molar-refractivity contribution in [2.75, 3.05) is 49.7 Å². The van der Waals surface area contributed by atoms with E-state index in [4.69, 9.17) is 0 Å². The molecule has 2 aromatic carbocycles. The quantitative estimate of drug-likeness (QED) is 0.316. The molecule has 1 aromatic heterocycles. The van der Waals surface area contributed by atoms with Crippen LogP contribution in [0.3, 0.4) is 0 Å². The largest absolute Gasteiger partial charge is 0.345 e. The van der Waals surface area contributed by atoms with Crippen molar-refractivity contribution in [3.63, 3.8) is 0 Å². The van der Waals surface area contributed by atoms with Crippen molar-refractivity contribution >= 4 is 52.5 Å². The van der Waals surface area contributed by atoms with Gasteiger partial charge in [-0.1, -0.05) is 23.5 Å². The van der Waals surface area contributed by atoms with Gasteiger partial charge < -0.3 is 9.80 Å². The van der Waals surface area contributed by atoms with Crippen molar-refractivity contribution in [1.82, 2.24) is 9.88 Å². The summed E-state index contributed by atoms with van der Waals surface area (Å²) in [6.07, 6.45) is 0.870. The van der Waals surface area contributed by atoms with Gasteiger partial charge in [0, 0.05) is 26.2 Å². The summed E-state index contributed by atoms with van der Waals surface area (Å²) < 4.78 is 66.8. The smallest absolute Gasteiger partial charge is 0.264 e. The average molecular weight is 542 g/mol. The predicted octanol–water partition coefficient (Wildman–Crippen LogP) is 2.54. The number of benzene rings is 2. The summed E-state index contributed by atoms with van der Waals surface area (Å²) in [4.78, 5) is 21.3. The van der Waals surface area contributed by atoms with Crippen molar-refractivity contribution in [2.45, 2.75) is 11.3 Å². The number of hydrogen-bond acceptors (Lipinski definition) is 9. The first-order chi connectivity index (χ1) is 16.5. The van der Waals surface area contributed by atoms with Gasteiger partial charge in [0.1, 0.15) is 5.82 Å². The second kappa shape index (κ2) is 10.2. The van der Waals surface area contributed by atoms with Gasteiger partial charge in [-0.15, -0.1) is 0 Å². The normalized spacial score (nSPS) is 15.0. The lowest BCUT2D eigenvalue weighted by atomic mass is 10.2. The Morgan fingerprint density at radius 3 is 2.51 bits per heavy atom. The van der Waals surface area contributed by atoms with Crippen molar-refractivity contribution in [2.24, 2.45) is 0 Å². The Labute approximate surface area is 207 Å². The van der Waals surface area contributed by atoms with Crippen LogP contribution in [-0.2, 0) is 24.1 Å². The average Bonchev–Trinajstić information content (AvgIpc) is 3.24. The third-order valence-corrected chi connectivity index (χ3v) is 9.01. The van der Waals surface area contributed by atoms with Gasteiger partial charge in [-0.05, 0) is 36.8 Å². The molecule has 3 aromatic rings. The number of carbonyl (C=O) groups excluding carboxylic acids is 1. The van der Waals surface area contributed by atoms with E-state index >= 15 is 0 Å². The van der Waals surface area contributed by atoms with E-state index in [1.807, 2.05) is 4.90 Å². The lowest BCUT2D eigenvalue weighted by Gasteiger charge is -2.34. The molecule has 2 heterocycles. The minimum atomic E-state index is -3.84. The first-order valence-corrected chi connectivity index (χ1v) is 15.1. The monoisotopic (exact) mass is 541 g/mol. The molecule has 0 bridgehead atoms. The van der Waals surface area contributed by atoms with Gasteiger partial charge in [-0.25, -0.2) is 17.8 Å². The van der Waals surface area contributed by atoms with Crippen LogP contribution in [0.4, 0.5) is 9.52 Å². The summed E-state index contributed by atoms with van der Waals surface area (Å²) in [5.41, 5.74) is 0.798. The fraction of sp³-hybridized carbons (Fsp3) is 0.364. The first kappa shape index (κ1) is 25.5. The van der Waals surface area contributed by atoms with Crippen LogP contribution in [0.15, 0.2) is 47.4 Å². The molecule has 0 spiro atoms. The van der Waals surface area contributed by atoms with Crippen molar-refractivity contribution in [1.29, 1.82) is 0 Å². The number of anilines is 1. The van der Waals surface area contributed by atoms with Crippen LogP contribution in [0.2, 0.25) is 0 Å². The summed E-state index contributed by atoms with van der Waals surface area (Å²) in [7, 11) is -7.49. The summed E-state index contributed by atoms with van der Waals surface area (Å²) in [6, 6.07) is 10.5. The minimum absolute atomic E-state index is 0.0251. The first-order valence-electron chi connectivity index (χ1n) is 10.8. The maximum absolute atomic E-state index is 13.5. The molecule has 0 saturated carbocycles. The number of carbonyl (C=O) groups is 1. The van der Waals surface area contributed by atoms with Gasteiger partial charge in [0.25, 0.3) is 16.0 Å². The molecule has 0 radical (unpaired) electrons. The Balaban J connectivity index is 1.43. The third-order valence-electron chi connectivity index (χ3n) is 5.48. The lowest BCUT2D eigenvalue weighted by molar-refractivity contribution is 0.0743. The summed E-state index contributed by atoms with van der Waals surface area (Å²) in [5, 5.41) is 0.747. The molecule has 35 heavy (non-hydrogen) atoms. The van der Waals surface area contributed by atoms with E-state index in [1.54, 1.807) is 23.1 Å². The SMILES string of the molecule is CS(=O)(=O)OCCCS(=O)(=O)c1ccccc1C(=O)N1CCN(c2nc3ccc(F)cc3s2)CC1. The molecule has 0 atom stereocenters. The molecule has 13 heteroatoms. The van der Waals surface area contributed by atoms with E-state index in [0.717, 1.165) is 16.1 Å². The van der Waals surface area contributed by atoms with Gasteiger partial charge in [-0.2, -0.15) is 8.42 Å². The Morgan fingerprint density at radius 1 is 1.09 bits per heavy atom. The molecule has 1 aliphatic heterocycles. The molecule has 0 N–H and O–H groups in total. The summed E-state index contributed by atoms with van der Waals surface area (Å²) >= 11 is 1.38. The zero-order valence-corrected chi connectivity index (χ0v) is 21.3. The number of hydrogen-bond donors (Lipinski definition) is 0. The van der Waals surface area contributed by atoms with Gasteiger partial charge in [0.2, 0.25) is 0 Å². The van der Waals surface area contributed by atoms with Crippen LogP contribution in [0.1, 0.15) is 16.8 Å². The molecule has 1 saturated heterocycles. The van der Waals surface area contributed by atoms with Gasteiger partial charge in [0.15, 0.2) is 15.0 Å². The molecular weight excluding hydrogens is 517 g/mol. The van der Waals surface area contributed by atoms with Crippen LogP contribution in [0.5, 0.6) is 0 Å². The van der Waals surface area contributed by atoms with E-state index in [0.29, 0.717) is 31.7 Å². The van der Waals surface area contributed by atoms with Gasteiger partial charge in [-0.3, -0.25) is 8.98 Å². The Morgan fingerprint density at radius 2 is 1.80 bits per heavy atom. The predicted molar refractivity (Wildman–Crippen MR) is 132 cm³/mol. The Kier molecular flexibility index (Phi) is 7.40. The number of thiazole rings is 1. The van der Waals surface area contributed by atoms with Crippen molar-refractivity contribution in [3.05, 3.63) is 53.8 Å². The maximum atomic E-state index is 13.5. The molecule has 1 fully saturated rings. The zero-order valence-electron chi connectivity index (χ0n) is 18.9. The molecule has 9 nitrogen and oxygen atoms in total. The number of nitrogens with zero attached hydrogens (tertiary/aromatic N) is 3. The number of amides is 1. The van der Waals surface area contributed by atoms with Crippen LogP contribution in [0, 0.1) is 5.82 Å². The highest BCUT2D eigenvalue weighted by Gasteiger charge is 2.28. The molecule has 4 rings (SSSR count). The van der Waals surface area contributed by atoms with Crippen LogP contribution in [-0.4, -0.2) is 77.4 Å². The fourth-order valence-corrected chi connectivity index (χ4v) is 6.73. The molecular formula is C22H24FN3O6S3. The van der Waals surface area contributed by atoms with Crippen LogP contribution >= 0.6 is 11.3 Å².